The lowest BCUT2D eigenvalue weighted by Gasteiger charge is -2.22. The van der Waals surface area contributed by atoms with Crippen LogP contribution in [0.25, 0.3) is 0 Å². The van der Waals surface area contributed by atoms with Gasteiger partial charge in [0.15, 0.2) is 0 Å². The van der Waals surface area contributed by atoms with Crippen LogP contribution >= 0.6 is 0 Å². The molecule has 1 aliphatic heterocycles. The molecule has 0 aliphatic carbocycles. The standard InChI is InChI=1S/C13H24N2O2/c1-3-6-12(16)14-8-5-9-15(11-10-14)13(17)7-4-2/h3-11H2,1-2H3. The third-order valence-electron chi connectivity index (χ3n) is 3.13. The van der Waals surface area contributed by atoms with Crippen molar-refractivity contribution in [1.82, 2.24) is 9.80 Å². The van der Waals surface area contributed by atoms with Crippen molar-refractivity contribution in [3.05, 3.63) is 0 Å². The van der Waals surface area contributed by atoms with Crippen LogP contribution in [0.1, 0.15) is 46.0 Å². The summed E-state index contributed by atoms with van der Waals surface area (Å²) in [6.07, 6.45) is 3.96. The molecule has 1 heterocycles. The molecule has 1 fully saturated rings. The van der Waals surface area contributed by atoms with Gasteiger partial charge in [0.1, 0.15) is 0 Å². The third kappa shape index (κ3) is 4.36. The maximum Gasteiger partial charge on any atom is 0.222 e. The number of rotatable bonds is 4. The first-order valence-electron chi connectivity index (χ1n) is 6.74. The third-order valence-corrected chi connectivity index (χ3v) is 3.13. The number of carbonyl (C=O) groups is 2. The highest BCUT2D eigenvalue weighted by atomic mass is 16.2. The Morgan fingerprint density at radius 3 is 1.59 bits per heavy atom. The van der Waals surface area contributed by atoms with Crippen LogP contribution in [0.4, 0.5) is 0 Å². The molecule has 0 atom stereocenters. The SMILES string of the molecule is CCCC(=O)N1CCCN(C(=O)CCC)CC1. The van der Waals surface area contributed by atoms with Gasteiger partial charge in [0.05, 0.1) is 0 Å². The highest BCUT2D eigenvalue weighted by Gasteiger charge is 2.20. The first-order chi connectivity index (χ1) is 8.19. The summed E-state index contributed by atoms with van der Waals surface area (Å²) in [5, 5.41) is 0. The van der Waals surface area contributed by atoms with E-state index in [1.165, 1.54) is 0 Å². The lowest BCUT2D eigenvalue weighted by Crippen LogP contribution is -2.37. The van der Waals surface area contributed by atoms with Crippen LogP contribution < -0.4 is 0 Å². The number of nitrogens with zero attached hydrogens (tertiary/aromatic N) is 2. The van der Waals surface area contributed by atoms with Gasteiger partial charge >= 0.3 is 0 Å². The van der Waals surface area contributed by atoms with Gasteiger partial charge in [-0.25, -0.2) is 0 Å². The lowest BCUT2D eigenvalue weighted by atomic mass is 10.3. The molecular weight excluding hydrogens is 216 g/mol. The molecule has 0 spiro atoms. The summed E-state index contributed by atoms with van der Waals surface area (Å²) in [4.78, 5) is 27.4. The van der Waals surface area contributed by atoms with Gasteiger partial charge in [-0.3, -0.25) is 9.59 Å². The summed E-state index contributed by atoms with van der Waals surface area (Å²) < 4.78 is 0. The maximum atomic E-state index is 11.8. The zero-order valence-electron chi connectivity index (χ0n) is 11.1. The van der Waals surface area contributed by atoms with Crippen molar-refractivity contribution in [3.8, 4) is 0 Å². The van der Waals surface area contributed by atoms with E-state index >= 15 is 0 Å². The second-order valence-corrected chi connectivity index (χ2v) is 4.62. The van der Waals surface area contributed by atoms with E-state index < -0.39 is 0 Å². The van der Waals surface area contributed by atoms with E-state index in [1.54, 1.807) is 0 Å². The van der Waals surface area contributed by atoms with Gasteiger partial charge in [0.25, 0.3) is 0 Å². The van der Waals surface area contributed by atoms with Crippen LogP contribution in [0.15, 0.2) is 0 Å². The van der Waals surface area contributed by atoms with Crippen LogP contribution in [0.5, 0.6) is 0 Å². The molecule has 0 aromatic rings. The molecule has 4 heteroatoms. The summed E-state index contributed by atoms with van der Waals surface area (Å²) in [5.74, 6) is 0.467. The summed E-state index contributed by atoms with van der Waals surface area (Å²) in [6, 6.07) is 0. The van der Waals surface area contributed by atoms with E-state index in [-0.39, 0.29) is 11.8 Å². The Bertz CT molecular complexity index is 240. The first-order valence-corrected chi connectivity index (χ1v) is 6.74. The summed E-state index contributed by atoms with van der Waals surface area (Å²) in [6.45, 7) is 7.05. The number of carbonyl (C=O) groups excluding carboxylic acids is 2. The van der Waals surface area contributed by atoms with Crippen LogP contribution in [0, 0.1) is 0 Å². The molecule has 4 nitrogen and oxygen atoms in total. The molecular formula is C13H24N2O2. The molecule has 1 aliphatic rings. The zero-order valence-corrected chi connectivity index (χ0v) is 11.1. The van der Waals surface area contributed by atoms with Gasteiger partial charge in [-0.15, -0.1) is 0 Å². The van der Waals surface area contributed by atoms with Crippen LogP contribution in [0.3, 0.4) is 0 Å². The normalized spacial score (nSPS) is 16.8. The topological polar surface area (TPSA) is 40.6 Å². The predicted molar refractivity (Wildman–Crippen MR) is 67.6 cm³/mol. The Morgan fingerprint density at radius 1 is 0.824 bits per heavy atom. The summed E-state index contributed by atoms with van der Waals surface area (Å²) in [5.41, 5.74) is 0. The van der Waals surface area contributed by atoms with Crippen LogP contribution in [-0.4, -0.2) is 47.8 Å². The van der Waals surface area contributed by atoms with E-state index in [1.807, 2.05) is 23.6 Å². The van der Waals surface area contributed by atoms with Crippen molar-refractivity contribution < 1.29 is 9.59 Å². The van der Waals surface area contributed by atoms with Crippen molar-refractivity contribution in [2.75, 3.05) is 26.2 Å². The molecule has 0 N–H and O–H groups in total. The Labute approximate surface area is 104 Å². The second-order valence-electron chi connectivity index (χ2n) is 4.62. The van der Waals surface area contributed by atoms with Gasteiger partial charge in [0, 0.05) is 39.0 Å². The van der Waals surface area contributed by atoms with Crippen LogP contribution in [-0.2, 0) is 9.59 Å². The van der Waals surface area contributed by atoms with Crippen molar-refractivity contribution in [3.63, 3.8) is 0 Å². The van der Waals surface area contributed by atoms with Gasteiger partial charge in [-0.1, -0.05) is 13.8 Å². The number of hydrogen-bond acceptors (Lipinski definition) is 2. The van der Waals surface area contributed by atoms with Gasteiger partial charge in [0.2, 0.25) is 11.8 Å². The minimum absolute atomic E-state index is 0.234. The molecule has 17 heavy (non-hydrogen) atoms. The van der Waals surface area contributed by atoms with E-state index in [0.29, 0.717) is 25.9 Å². The molecule has 0 aromatic heterocycles. The van der Waals surface area contributed by atoms with Crippen molar-refractivity contribution in [1.29, 1.82) is 0 Å². The molecule has 2 amide bonds. The molecule has 0 unspecified atom stereocenters. The monoisotopic (exact) mass is 240 g/mol. The zero-order chi connectivity index (χ0) is 12.7. The first kappa shape index (κ1) is 14.0. The van der Waals surface area contributed by atoms with Gasteiger partial charge in [-0.05, 0) is 19.3 Å². The second kappa shape index (κ2) is 7.30. The Hall–Kier alpha value is -1.06. The van der Waals surface area contributed by atoms with E-state index in [9.17, 15) is 9.59 Å². The minimum Gasteiger partial charge on any atom is -0.341 e. The highest BCUT2D eigenvalue weighted by molar-refractivity contribution is 5.77. The maximum absolute atomic E-state index is 11.8. The molecule has 1 saturated heterocycles. The van der Waals surface area contributed by atoms with Gasteiger partial charge in [-0.2, -0.15) is 0 Å². The smallest absolute Gasteiger partial charge is 0.222 e. The fraction of sp³-hybridized carbons (Fsp3) is 0.846. The lowest BCUT2D eigenvalue weighted by molar-refractivity contribution is -0.133. The Kier molecular flexibility index (Phi) is 6.01. The fourth-order valence-electron chi connectivity index (χ4n) is 2.16. The van der Waals surface area contributed by atoms with Crippen molar-refractivity contribution in [2.24, 2.45) is 0 Å². The average molecular weight is 240 g/mol. The molecule has 0 saturated carbocycles. The van der Waals surface area contributed by atoms with Crippen molar-refractivity contribution in [2.45, 2.75) is 46.0 Å². The fourth-order valence-corrected chi connectivity index (χ4v) is 2.16. The minimum atomic E-state index is 0.234. The highest BCUT2D eigenvalue weighted by Crippen LogP contribution is 2.08. The number of hydrogen-bond donors (Lipinski definition) is 0. The average Bonchev–Trinajstić information content (AvgIpc) is 2.55. The van der Waals surface area contributed by atoms with Crippen LogP contribution in [0.2, 0.25) is 0 Å². The van der Waals surface area contributed by atoms with Crippen molar-refractivity contribution >= 4 is 11.8 Å². The molecule has 0 bridgehead atoms. The number of amides is 2. The Morgan fingerprint density at radius 2 is 1.24 bits per heavy atom. The Balaban J connectivity index is 2.44. The predicted octanol–water partition coefficient (Wildman–Crippen LogP) is 1.65. The summed E-state index contributed by atoms with van der Waals surface area (Å²) in [7, 11) is 0. The van der Waals surface area contributed by atoms with Gasteiger partial charge < -0.3 is 9.80 Å². The van der Waals surface area contributed by atoms with E-state index in [4.69, 9.17) is 0 Å². The van der Waals surface area contributed by atoms with E-state index in [0.717, 1.165) is 32.4 Å². The molecule has 98 valence electrons. The quantitative estimate of drug-likeness (QED) is 0.749. The molecule has 0 radical (unpaired) electrons. The summed E-state index contributed by atoms with van der Waals surface area (Å²) >= 11 is 0. The van der Waals surface area contributed by atoms with E-state index in [2.05, 4.69) is 0 Å². The largest absolute Gasteiger partial charge is 0.341 e. The molecule has 1 rings (SSSR count). The molecule has 0 aromatic carbocycles.